The zero-order chi connectivity index (χ0) is 21.6. The lowest BCUT2D eigenvalue weighted by molar-refractivity contribution is -0.274. The number of ether oxygens (including phenoxy) is 2. The van der Waals surface area contributed by atoms with Gasteiger partial charge < -0.3 is 19.3 Å². The highest BCUT2D eigenvalue weighted by molar-refractivity contribution is 9.10. The molecule has 1 heterocycles. The number of nitrogens with zero attached hydrogens (tertiary/aromatic N) is 2. The molecule has 29 heavy (non-hydrogen) atoms. The molecule has 2 amide bonds. The monoisotopic (exact) mass is 478 g/mol. The molecule has 1 aromatic rings. The zero-order valence-corrected chi connectivity index (χ0v) is 17.9. The van der Waals surface area contributed by atoms with Crippen LogP contribution in [0.2, 0.25) is 0 Å². The second-order valence-corrected chi connectivity index (χ2v) is 9.13. The number of carbonyl (C=O) groups is 2. The van der Waals surface area contributed by atoms with Crippen molar-refractivity contribution in [3.8, 4) is 5.75 Å². The van der Waals surface area contributed by atoms with Crippen molar-refractivity contribution in [3.63, 3.8) is 0 Å². The first kappa shape index (κ1) is 21.7. The van der Waals surface area contributed by atoms with E-state index < -0.39 is 35.3 Å². The van der Waals surface area contributed by atoms with E-state index >= 15 is 0 Å². The Morgan fingerprint density at radius 2 is 1.79 bits per heavy atom. The Bertz CT molecular complexity index is 819. The Balaban J connectivity index is 1.76. The smallest absolute Gasteiger partial charge is 0.444 e. The van der Waals surface area contributed by atoms with Crippen molar-refractivity contribution in [2.24, 2.45) is 0 Å². The van der Waals surface area contributed by atoms with Crippen molar-refractivity contribution in [1.82, 2.24) is 9.80 Å². The number of alkyl halides is 3. The van der Waals surface area contributed by atoms with E-state index in [9.17, 15) is 22.8 Å². The summed E-state index contributed by atoms with van der Waals surface area (Å²) in [5.41, 5.74) is -1.04. The fourth-order valence-electron chi connectivity index (χ4n) is 3.36. The first-order valence-electron chi connectivity index (χ1n) is 9.15. The minimum atomic E-state index is -4.84. The summed E-state index contributed by atoms with van der Waals surface area (Å²) in [5.74, 6) is -0.855. The van der Waals surface area contributed by atoms with Crippen molar-refractivity contribution in [1.29, 1.82) is 0 Å². The Hall–Kier alpha value is -1.97. The van der Waals surface area contributed by atoms with Crippen LogP contribution in [0.4, 0.5) is 18.0 Å². The van der Waals surface area contributed by atoms with Crippen molar-refractivity contribution in [2.45, 2.75) is 51.1 Å². The summed E-state index contributed by atoms with van der Waals surface area (Å²) in [4.78, 5) is 28.7. The quantitative estimate of drug-likeness (QED) is 0.624. The molecule has 6 nitrogen and oxygen atoms in total. The van der Waals surface area contributed by atoms with Gasteiger partial charge >= 0.3 is 12.5 Å². The van der Waals surface area contributed by atoms with Gasteiger partial charge in [0.05, 0.1) is 11.1 Å². The van der Waals surface area contributed by atoms with Crippen LogP contribution in [0.25, 0.3) is 0 Å². The second-order valence-electron chi connectivity index (χ2n) is 8.27. The molecule has 1 saturated carbocycles. The summed E-state index contributed by atoms with van der Waals surface area (Å²) in [5, 5.41) is 0. The van der Waals surface area contributed by atoms with Crippen LogP contribution in [0.5, 0.6) is 5.75 Å². The standard InChI is InChI=1S/C19H22BrF3N2O4/c1-17(2,3)29-16(27)24-8-9-25(18(11-24)6-7-18)15(26)13-10-12(4-5-14(13)20)28-19(21,22)23/h4-5,10H,6-9,11H2,1-3H3. The molecule has 0 bridgehead atoms. The van der Waals surface area contributed by atoms with E-state index in [1.54, 1.807) is 30.6 Å². The van der Waals surface area contributed by atoms with Crippen LogP contribution in [0.15, 0.2) is 22.7 Å². The summed E-state index contributed by atoms with van der Waals surface area (Å²) >= 11 is 3.23. The van der Waals surface area contributed by atoms with E-state index in [0.29, 0.717) is 30.4 Å². The highest BCUT2D eigenvalue weighted by Gasteiger charge is 2.54. The van der Waals surface area contributed by atoms with Gasteiger partial charge in [0.2, 0.25) is 0 Å². The van der Waals surface area contributed by atoms with Crippen LogP contribution >= 0.6 is 15.9 Å². The highest BCUT2D eigenvalue weighted by Crippen LogP contribution is 2.45. The van der Waals surface area contributed by atoms with E-state index in [1.165, 1.54) is 6.07 Å². The maximum Gasteiger partial charge on any atom is 0.573 e. The van der Waals surface area contributed by atoms with Crippen LogP contribution < -0.4 is 4.74 Å². The third kappa shape index (κ3) is 5.15. The Kier molecular flexibility index (Phi) is 5.53. The lowest BCUT2D eigenvalue weighted by Crippen LogP contribution is -2.58. The first-order valence-corrected chi connectivity index (χ1v) is 9.94. The molecule has 2 fully saturated rings. The van der Waals surface area contributed by atoms with E-state index in [1.807, 2.05) is 0 Å². The predicted octanol–water partition coefficient (Wildman–Crippen LogP) is 4.57. The predicted molar refractivity (Wildman–Crippen MR) is 102 cm³/mol. The molecule has 1 aliphatic heterocycles. The van der Waals surface area contributed by atoms with Crippen LogP contribution in [0.3, 0.4) is 0 Å². The molecule has 1 spiro atoms. The lowest BCUT2D eigenvalue weighted by Gasteiger charge is -2.42. The molecular formula is C19H22BrF3N2O4. The molecule has 0 radical (unpaired) electrons. The number of amides is 2. The summed E-state index contributed by atoms with van der Waals surface area (Å²) in [6, 6.07) is 3.57. The van der Waals surface area contributed by atoms with E-state index in [-0.39, 0.29) is 12.1 Å². The van der Waals surface area contributed by atoms with Crippen LogP contribution in [-0.2, 0) is 4.74 Å². The Morgan fingerprint density at radius 1 is 1.14 bits per heavy atom. The molecule has 10 heteroatoms. The highest BCUT2D eigenvalue weighted by atomic mass is 79.9. The van der Waals surface area contributed by atoms with Gasteiger partial charge in [0.1, 0.15) is 11.4 Å². The molecule has 0 aromatic heterocycles. The Labute approximate surface area is 175 Å². The second kappa shape index (κ2) is 7.37. The number of piperazine rings is 1. The van der Waals surface area contributed by atoms with Gasteiger partial charge in [-0.3, -0.25) is 4.79 Å². The van der Waals surface area contributed by atoms with Gasteiger partial charge in [0.25, 0.3) is 5.91 Å². The first-order chi connectivity index (χ1) is 13.3. The summed E-state index contributed by atoms with van der Waals surface area (Å²) in [6.45, 7) is 6.25. The molecular weight excluding hydrogens is 457 g/mol. The fraction of sp³-hybridized carbons (Fsp3) is 0.579. The molecule has 0 N–H and O–H groups in total. The SMILES string of the molecule is CC(C)(C)OC(=O)N1CCN(C(=O)c2cc(OC(F)(F)F)ccc2Br)C2(CC2)C1. The maximum absolute atomic E-state index is 13.1. The molecule has 1 aromatic carbocycles. The van der Waals surface area contributed by atoms with Crippen LogP contribution in [0, 0.1) is 0 Å². The Morgan fingerprint density at radius 3 is 2.34 bits per heavy atom. The number of hydrogen-bond donors (Lipinski definition) is 0. The maximum atomic E-state index is 13.1. The average molecular weight is 479 g/mol. The van der Waals surface area contributed by atoms with Crippen LogP contribution in [-0.4, -0.2) is 58.9 Å². The summed E-state index contributed by atoms with van der Waals surface area (Å²) in [7, 11) is 0. The number of carbonyl (C=O) groups excluding carboxylic acids is 2. The molecule has 3 rings (SSSR count). The fourth-order valence-corrected chi connectivity index (χ4v) is 3.78. The number of rotatable bonds is 2. The van der Waals surface area contributed by atoms with Crippen LogP contribution in [0.1, 0.15) is 44.0 Å². The van der Waals surface area contributed by atoms with Gasteiger partial charge in [-0.05, 0) is 67.7 Å². The number of hydrogen-bond acceptors (Lipinski definition) is 4. The minimum absolute atomic E-state index is 0.0868. The van der Waals surface area contributed by atoms with Crippen molar-refractivity contribution >= 4 is 27.9 Å². The van der Waals surface area contributed by atoms with E-state index in [0.717, 1.165) is 12.1 Å². The van der Waals surface area contributed by atoms with Crippen molar-refractivity contribution < 1.29 is 32.2 Å². The van der Waals surface area contributed by atoms with Crippen molar-refractivity contribution in [2.75, 3.05) is 19.6 Å². The molecule has 160 valence electrons. The molecule has 0 atom stereocenters. The molecule has 2 aliphatic rings. The zero-order valence-electron chi connectivity index (χ0n) is 16.3. The lowest BCUT2D eigenvalue weighted by atomic mass is 10.1. The summed E-state index contributed by atoms with van der Waals surface area (Å²) < 4.78 is 47.3. The van der Waals surface area contributed by atoms with Gasteiger partial charge in [-0.25, -0.2) is 4.79 Å². The molecule has 1 saturated heterocycles. The van der Waals surface area contributed by atoms with Gasteiger partial charge in [0, 0.05) is 24.1 Å². The summed E-state index contributed by atoms with van der Waals surface area (Å²) in [6.07, 6.45) is -3.84. The van der Waals surface area contributed by atoms with Gasteiger partial charge in [0.15, 0.2) is 0 Å². The van der Waals surface area contributed by atoms with Gasteiger partial charge in [-0.15, -0.1) is 13.2 Å². The van der Waals surface area contributed by atoms with Crippen molar-refractivity contribution in [3.05, 3.63) is 28.2 Å². The third-order valence-electron chi connectivity index (χ3n) is 4.78. The minimum Gasteiger partial charge on any atom is -0.444 e. The largest absolute Gasteiger partial charge is 0.573 e. The topological polar surface area (TPSA) is 59.1 Å². The normalized spacial score (nSPS) is 18.6. The van der Waals surface area contributed by atoms with Gasteiger partial charge in [-0.1, -0.05) is 0 Å². The van der Waals surface area contributed by atoms with E-state index in [2.05, 4.69) is 20.7 Å². The average Bonchev–Trinajstić information content (AvgIpc) is 3.32. The molecule has 1 aliphatic carbocycles. The van der Waals surface area contributed by atoms with Gasteiger partial charge in [-0.2, -0.15) is 0 Å². The number of benzene rings is 1. The third-order valence-corrected chi connectivity index (χ3v) is 5.47. The number of halogens is 4. The van der Waals surface area contributed by atoms with E-state index in [4.69, 9.17) is 4.74 Å². The molecule has 0 unspecified atom stereocenters.